The number of rotatable bonds is 3. The highest BCUT2D eigenvalue weighted by Gasteiger charge is 2.28. The van der Waals surface area contributed by atoms with Crippen molar-refractivity contribution in [2.45, 2.75) is 44.1 Å². The summed E-state index contributed by atoms with van der Waals surface area (Å²) in [5.74, 6) is 3.56. The van der Waals surface area contributed by atoms with Crippen LogP contribution < -0.4 is 0 Å². The SMILES string of the molecule is CCc1[nH]c(C2SCCSC2CC)nc(=S)c1C. The van der Waals surface area contributed by atoms with E-state index in [2.05, 4.69) is 42.5 Å². The number of aryl methyl sites for hydroxylation is 1. The van der Waals surface area contributed by atoms with Crippen molar-refractivity contribution >= 4 is 35.7 Å². The Bertz CT molecular complexity index is 470. The Hall–Kier alpha value is -0.0000000000000000833. The monoisotopic (exact) mass is 300 g/mol. The Balaban J connectivity index is 2.37. The third kappa shape index (κ3) is 2.94. The summed E-state index contributed by atoms with van der Waals surface area (Å²) in [6.45, 7) is 6.49. The first kappa shape index (κ1) is 14.4. The van der Waals surface area contributed by atoms with Gasteiger partial charge in [-0.25, -0.2) is 4.98 Å². The highest BCUT2D eigenvalue weighted by atomic mass is 32.2. The molecule has 2 heterocycles. The zero-order valence-electron chi connectivity index (χ0n) is 11.2. The maximum Gasteiger partial charge on any atom is 0.132 e. The van der Waals surface area contributed by atoms with E-state index in [0.717, 1.165) is 22.4 Å². The van der Waals surface area contributed by atoms with Gasteiger partial charge in [0.25, 0.3) is 0 Å². The molecule has 1 N–H and O–H groups in total. The van der Waals surface area contributed by atoms with Gasteiger partial charge in [0, 0.05) is 28.0 Å². The van der Waals surface area contributed by atoms with Gasteiger partial charge >= 0.3 is 0 Å². The summed E-state index contributed by atoms with van der Waals surface area (Å²) in [5.41, 5.74) is 2.38. The number of hydrogen-bond donors (Lipinski definition) is 1. The van der Waals surface area contributed by atoms with Gasteiger partial charge in [-0.15, -0.1) is 11.8 Å². The van der Waals surface area contributed by atoms with Crippen molar-refractivity contribution in [3.63, 3.8) is 0 Å². The number of nitrogens with zero attached hydrogens (tertiary/aromatic N) is 1. The third-order valence-electron chi connectivity index (χ3n) is 3.35. The van der Waals surface area contributed by atoms with Crippen molar-refractivity contribution in [1.29, 1.82) is 0 Å². The lowest BCUT2D eigenvalue weighted by Crippen LogP contribution is -2.21. The van der Waals surface area contributed by atoms with Crippen LogP contribution in [0, 0.1) is 11.6 Å². The summed E-state index contributed by atoms with van der Waals surface area (Å²) >= 11 is 9.49. The van der Waals surface area contributed by atoms with E-state index in [-0.39, 0.29) is 0 Å². The van der Waals surface area contributed by atoms with Crippen LogP contribution in [0.5, 0.6) is 0 Å². The molecule has 2 unspecified atom stereocenters. The molecule has 2 atom stereocenters. The van der Waals surface area contributed by atoms with E-state index >= 15 is 0 Å². The molecule has 100 valence electrons. The van der Waals surface area contributed by atoms with Crippen LogP contribution in [0.1, 0.15) is 42.6 Å². The number of hydrogen-bond acceptors (Lipinski definition) is 4. The van der Waals surface area contributed by atoms with Gasteiger partial charge in [-0.1, -0.05) is 26.1 Å². The number of aromatic nitrogens is 2. The van der Waals surface area contributed by atoms with E-state index in [0.29, 0.717) is 10.5 Å². The summed E-state index contributed by atoms with van der Waals surface area (Å²) < 4.78 is 0.770. The largest absolute Gasteiger partial charge is 0.346 e. The molecule has 2 rings (SSSR count). The summed E-state index contributed by atoms with van der Waals surface area (Å²) in [5, 5.41) is 1.13. The molecule has 0 amide bonds. The molecule has 0 radical (unpaired) electrons. The van der Waals surface area contributed by atoms with Crippen molar-refractivity contribution in [2.75, 3.05) is 11.5 Å². The van der Waals surface area contributed by atoms with Crippen molar-refractivity contribution < 1.29 is 0 Å². The topological polar surface area (TPSA) is 28.7 Å². The van der Waals surface area contributed by atoms with Crippen LogP contribution in [0.3, 0.4) is 0 Å². The van der Waals surface area contributed by atoms with E-state index < -0.39 is 0 Å². The number of aromatic amines is 1. The van der Waals surface area contributed by atoms with Gasteiger partial charge in [-0.05, 0) is 19.8 Å². The third-order valence-corrected chi connectivity index (χ3v) is 7.00. The van der Waals surface area contributed by atoms with E-state index in [9.17, 15) is 0 Å². The zero-order valence-corrected chi connectivity index (χ0v) is 13.6. The summed E-state index contributed by atoms with van der Waals surface area (Å²) in [6, 6.07) is 0. The fourth-order valence-electron chi connectivity index (χ4n) is 2.24. The molecule has 1 saturated heterocycles. The second kappa shape index (κ2) is 6.44. The number of thioether (sulfide) groups is 2. The smallest absolute Gasteiger partial charge is 0.132 e. The van der Waals surface area contributed by atoms with Gasteiger partial charge in [0.1, 0.15) is 10.5 Å². The van der Waals surface area contributed by atoms with Crippen molar-refractivity contribution in [3.8, 4) is 0 Å². The summed E-state index contributed by atoms with van der Waals surface area (Å²) in [7, 11) is 0. The predicted octanol–water partition coefficient (Wildman–Crippen LogP) is 4.31. The van der Waals surface area contributed by atoms with Crippen LogP contribution in [0.15, 0.2) is 0 Å². The molecule has 0 spiro atoms. The predicted molar refractivity (Wildman–Crippen MR) is 85.3 cm³/mol. The van der Waals surface area contributed by atoms with Crippen LogP contribution in [0.25, 0.3) is 0 Å². The van der Waals surface area contributed by atoms with Gasteiger partial charge < -0.3 is 4.98 Å². The molecule has 18 heavy (non-hydrogen) atoms. The molecule has 0 saturated carbocycles. The lowest BCUT2D eigenvalue weighted by Gasteiger charge is -2.29. The molecule has 0 aromatic carbocycles. The Labute approximate surface area is 123 Å². The fraction of sp³-hybridized carbons (Fsp3) is 0.692. The Morgan fingerprint density at radius 1 is 1.33 bits per heavy atom. The van der Waals surface area contributed by atoms with E-state index in [1.807, 2.05) is 11.8 Å². The second-order valence-corrected chi connectivity index (χ2v) is 7.48. The van der Waals surface area contributed by atoms with Crippen LogP contribution >= 0.6 is 35.7 Å². The van der Waals surface area contributed by atoms with Gasteiger partial charge in [0.15, 0.2) is 0 Å². The van der Waals surface area contributed by atoms with Crippen molar-refractivity contribution in [3.05, 3.63) is 21.7 Å². The second-order valence-electron chi connectivity index (χ2n) is 4.49. The normalized spacial score (nSPS) is 24.2. The minimum absolute atomic E-state index is 0.473. The van der Waals surface area contributed by atoms with E-state index in [4.69, 9.17) is 12.2 Å². The minimum Gasteiger partial charge on any atom is -0.346 e. The standard InChI is InChI=1S/C13H20N2S3/c1-4-9-8(3)13(16)15-12(14-9)11-10(5-2)17-6-7-18-11/h10-11H,4-7H2,1-3H3,(H,14,15,16). The molecule has 1 fully saturated rings. The van der Waals surface area contributed by atoms with E-state index in [1.165, 1.54) is 23.6 Å². The minimum atomic E-state index is 0.473. The van der Waals surface area contributed by atoms with E-state index in [1.54, 1.807) is 0 Å². The average Bonchev–Trinajstić information content (AvgIpc) is 2.41. The molecular weight excluding hydrogens is 280 g/mol. The van der Waals surface area contributed by atoms with Crippen molar-refractivity contribution in [1.82, 2.24) is 9.97 Å². The molecule has 0 aliphatic carbocycles. The highest BCUT2D eigenvalue weighted by Crippen LogP contribution is 2.42. The molecule has 2 nitrogen and oxygen atoms in total. The molecule has 1 aliphatic heterocycles. The first-order valence-electron chi connectivity index (χ1n) is 6.50. The fourth-order valence-corrected chi connectivity index (χ4v) is 5.48. The Morgan fingerprint density at radius 2 is 2.06 bits per heavy atom. The summed E-state index contributed by atoms with van der Waals surface area (Å²) in [4.78, 5) is 8.15. The van der Waals surface area contributed by atoms with Crippen molar-refractivity contribution in [2.24, 2.45) is 0 Å². The highest BCUT2D eigenvalue weighted by molar-refractivity contribution is 8.06. The zero-order chi connectivity index (χ0) is 13.1. The van der Waals surface area contributed by atoms with Crippen LogP contribution in [-0.2, 0) is 6.42 Å². The first-order chi connectivity index (χ1) is 8.67. The summed E-state index contributed by atoms with van der Waals surface area (Å²) in [6.07, 6.45) is 2.19. The maximum atomic E-state index is 5.39. The van der Waals surface area contributed by atoms with Gasteiger partial charge in [-0.3, -0.25) is 0 Å². The molecule has 1 aliphatic rings. The van der Waals surface area contributed by atoms with Gasteiger partial charge in [0.2, 0.25) is 0 Å². The first-order valence-corrected chi connectivity index (χ1v) is 9.00. The average molecular weight is 301 g/mol. The number of H-pyrrole nitrogens is 1. The number of nitrogens with one attached hydrogen (secondary N) is 1. The molecule has 0 bridgehead atoms. The quantitative estimate of drug-likeness (QED) is 0.842. The maximum absolute atomic E-state index is 5.39. The van der Waals surface area contributed by atoms with Gasteiger partial charge in [0.05, 0.1) is 5.25 Å². The van der Waals surface area contributed by atoms with Crippen LogP contribution in [0.4, 0.5) is 0 Å². The molecule has 1 aromatic rings. The molecule has 1 aromatic heterocycles. The molecular formula is C13H20N2S3. The van der Waals surface area contributed by atoms with Crippen LogP contribution in [-0.4, -0.2) is 26.7 Å². The lowest BCUT2D eigenvalue weighted by atomic mass is 10.2. The Kier molecular flexibility index (Phi) is 5.15. The Morgan fingerprint density at radius 3 is 2.72 bits per heavy atom. The molecule has 5 heteroatoms. The lowest BCUT2D eigenvalue weighted by molar-refractivity contribution is 0.736. The van der Waals surface area contributed by atoms with Gasteiger partial charge in [-0.2, -0.15) is 11.8 Å². The van der Waals surface area contributed by atoms with Crippen LogP contribution in [0.2, 0.25) is 0 Å².